The van der Waals surface area contributed by atoms with E-state index in [0.29, 0.717) is 17.9 Å². The van der Waals surface area contributed by atoms with E-state index >= 15 is 0 Å². The van der Waals surface area contributed by atoms with Crippen molar-refractivity contribution in [2.45, 2.75) is 52.1 Å². The van der Waals surface area contributed by atoms with Gasteiger partial charge in [-0.25, -0.2) is 0 Å². The summed E-state index contributed by atoms with van der Waals surface area (Å²) in [6, 6.07) is 10.7. The molecule has 0 bridgehead atoms. The highest BCUT2D eigenvalue weighted by Gasteiger charge is 2.49. The molecule has 1 aromatic rings. The van der Waals surface area contributed by atoms with Crippen molar-refractivity contribution in [1.82, 2.24) is 4.90 Å². The molecule has 2 aliphatic rings. The number of rotatable bonds is 5. The van der Waals surface area contributed by atoms with Crippen LogP contribution in [0.2, 0.25) is 0 Å². The van der Waals surface area contributed by atoms with Gasteiger partial charge in [-0.05, 0) is 50.0 Å². The van der Waals surface area contributed by atoms with E-state index < -0.39 is 0 Å². The van der Waals surface area contributed by atoms with Crippen LogP contribution in [-0.2, 0) is 11.3 Å². The molecule has 1 amide bonds. The Morgan fingerprint density at radius 2 is 1.85 bits per heavy atom. The maximum Gasteiger partial charge on any atom is 0.226 e. The molecule has 2 nitrogen and oxygen atoms in total. The van der Waals surface area contributed by atoms with Crippen molar-refractivity contribution in [3.05, 3.63) is 35.9 Å². The lowest BCUT2D eigenvalue weighted by molar-refractivity contribution is -0.138. The van der Waals surface area contributed by atoms with E-state index in [1.165, 1.54) is 12.0 Å². The fraction of sp³-hybridized carbons (Fsp3) is 0.611. The normalized spacial score (nSPS) is 28.8. The van der Waals surface area contributed by atoms with Crippen molar-refractivity contribution < 1.29 is 4.79 Å². The maximum atomic E-state index is 12.8. The number of nitrogens with zero attached hydrogens (tertiary/aromatic N) is 1. The van der Waals surface area contributed by atoms with Crippen LogP contribution in [0.3, 0.4) is 0 Å². The van der Waals surface area contributed by atoms with E-state index in [1.54, 1.807) is 0 Å². The van der Waals surface area contributed by atoms with Crippen LogP contribution in [0, 0.1) is 17.8 Å². The zero-order chi connectivity index (χ0) is 14.1. The van der Waals surface area contributed by atoms with Gasteiger partial charge in [0.15, 0.2) is 0 Å². The van der Waals surface area contributed by atoms with Gasteiger partial charge >= 0.3 is 0 Å². The second-order valence-corrected chi connectivity index (χ2v) is 6.63. The van der Waals surface area contributed by atoms with Gasteiger partial charge in [-0.2, -0.15) is 0 Å². The van der Waals surface area contributed by atoms with E-state index in [4.69, 9.17) is 0 Å². The molecule has 0 saturated heterocycles. The Balaban J connectivity index is 1.70. The highest BCUT2D eigenvalue weighted by molar-refractivity contribution is 5.79. The van der Waals surface area contributed by atoms with Gasteiger partial charge in [0.25, 0.3) is 0 Å². The molecule has 3 rings (SSSR count). The fourth-order valence-corrected chi connectivity index (χ4v) is 3.60. The van der Waals surface area contributed by atoms with Gasteiger partial charge in [0.2, 0.25) is 5.91 Å². The van der Waals surface area contributed by atoms with Crippen molar-refractivity contribution in [3.63, 3.8) is 0 Å². The van der Waals surface area contributed by atoms with Crippen molar-refractivity contribution in [3.8, 4) is 0 Å². The van der Waals surface area contributed by atoms with Gasteiger partial charge in [-0.1, -0.05) is 37.3 Å². The molecule has 0 aliphatic heterocycles. The molecule has 3 unspecified atom stereocenters. The molecule has 1 aromatic carbocycles. The third-order valence-electron chi connectivity index (χ3n) is 5.19. The molecule has 20 heavy (non-hydrogen) atoms. The molecule has 0 aromatic heterocycles. The first-order valence-electron chi connectivity index (χ1n) is 8.03. The minimum atomic E-state index is 0.302. The summed E-state index contributed by atoms with van der Waals surface area (Å²) in [5.41, 5.74) is 1.24. The summed E-state index contributed by atoms with van der Waals surface area (Å²) in [4.78, 5) is 15.0. The van der Waals surface area contributed by atoms with Crippen LogP contribution < -0.4 is 0 Å². The molecule has 2 heteroatoms. The Morgan fingerprint density at radius 1 is 1.20 bits per heavy atom. The molecule has 108 valence electrons. The predicted molar refractivity (Wildman–Crippen MR) is 81.1 cm³/mol. The smallest absolute Gasteiger partial charge is 0.226 e. The Labute approximate surface area is 122 Å². The van der Waals surface area contributed by atoms with Crippen LogP contribution in [0.5, 0.6) is 0 Å². The van der Waals surface area contributed by atoms with E-state index in [9.17, 15) is 4.79 Å². The fourth-order valence-electron chi connectivity index (χ4n) is 3.60. The van der Waals surface area contributed by atoms with Crippen molar-refractivity contribution in [1.29, 1.82) is 0 Å². The monoisotopic (exact) mass is 271 g/mol. The van der Waals surface area contributed by atoms with Crippen molar-refractivity contribution in [2.75, 3.05) is 0 Å². The van der Waals surface area contributed by atoms with Gasteiger partial charge in [-0.3, -0.25) is 4.79 Å². The first-order valence-corrected chi connectivity index (χ1v) is 8.03. The highest BCUT2D eigenvalue weighted by atomic mass is 16.2. The Hall–Kier alpha value is -1.31. The topological polar surface area (TPSA) is 20.3 Å². The third-order valence-corrected chi connectivity index (χ3v) is 5.19. The van der Waals surface area contributed by atoms with Crippen LogP contribution >= 0.6 is 0 Å². The first kappa shape index (κ1) is 13.7. The van der Waals surface area contributed by atoms with Crippen LogP contribution in [-0.4, -0.2) is 16.8 Å². The SMILES string of the molecule is CCC(C)N(Cc1ccccc1)C(=O)C1CC2CC2C1. The van der Waals surface area contributed by atoms with Crippen molar-refractivity contribution in [2.24, 2.45) is 17.8 Å². The number of amides is 1. The van der Waals surface area contributed by atoms with E-state index in [1.807, 2.05) is 6.07 Å². The summed E-state index contributed by atoms with van der Waals surface area (Å²) in [5, 5.41) is 0. The number of fused-ring (bicyclic) bond motifs is 1. The molecular weight excluding hydrogens is 246 g/mol. The summed E-state index contributed by atoms with van der Waals surface area (Å²) >= 11 is 0. The van der Waals surface area contributed by atoms with Gasteiger partial charge in [0, 0.05) is 18.5 Å². The molecule has 2 aliphatic carbocycles. The van der Waals surface area contributed by atoms with Crippen LogP contribution in [0.1, 0.15) is 45.1 Å². The molecule has 3 atom stereocenters. The van der Waals surface area contributed by atoms with Gasteiger partial charge < -0.3 is 4.90 Å². The lowest BCUT2D eigenvalue weighted by Gasteiger charge is -2.31. The number of benzene rings is 1. The molecule has 0 spiro atoms. The summed E-state index contributed by atoms with van der Waals surface area (Å²) in [6.07, 6.45) is 4.69. The van der Waals surface area contributed by atoms with Crippen LogP contribution in [0.15, 0.2) is 30.3 Å². The maximum absolute atomic E-state index is 12.8. The largest absolute Gasteiger partial charge is 0.335 e. The van der Waals surface area contributed by atoms with E-state index in [0.717, 1.165) is 37.6 Å². The number of hydrogen-bond acceptors (Lipinski definition) is 1. The Bertz CT molecular complexity index is 460. The predicted octanol–water partition coefficient (Wildman–Crippen LogP) is 3.86. The average molecular weight is 271 g/mol. The molecular formula is C18H25NO. The van der Waals surface area contributed by atoms with Gasteiger partial charge in [0.1, 0.15) is 0 Å². The summed E-state index contributed by atoms with van der Waals surface area (Å²) in [7, 11) is 0. The number of hydrogen-bond donors (Lipinski definition) is 0. The lowest BCUT2D eigenvalue weighted by Crippen LogP contribution is -2.41. The quantitative estimate of drug-likeness (QED) is 0.796. The first-order chi connectivity index (χ1) is 9.69. The Morgan fingerprint density at radius 3 is 2.45 bits per heavy atom. The second-order valence-electron chi connectivity index (χ2n) is 6.63. The Kier molecular flexibility index (Phi) is 3.82. The molecule has 0 N–H and O–H groups in total. The standard InChI is InChI=1S/C18H25NO/c1-3-13(2)19(12-14-7-5-4-6-8-14)18(20)17-10-15-9-16(15)11-17/h4-8,13,15-17H,3,9-12H2,1-2H3. The number of carbonyl (C=O) groups is 1. The zero-order valence-electron chi connectivity index (χ0n) is 12.6. The van der Waals surface area contributed by atoms with E-state index in [-0.39, 0.29) is 0 Å². The molecule has 0 heterocycles. The number of carbonyl (C=O) groups excluding carboxylic acids is 1. The molecule has 2 saturated carbocycles. The second kappa shape index (κ2) is 5.59. The third kappa shape index (κ3) is 2.74. The summed E-state index contributed by atoms with van der Waals surface area (Å²) < 4.78 is 0. The van der Waals surface area contributed by atoms with E-state index in [2.05, 4.69) is 43.0 Å². The summed E-state index contributed by atoms with van der Waals surface area (Å²) in [5.74, 6) is 2.45. The summed E-state index contributed by atoms with van der Waals surface area (Å²) in [6.45, 7) is 5.11. The zero-order valence-corrected chi connectivity index (χ0v) is 12.6. The molecule has 2 fully saturated rings. The molecule has 0 radical (unpaired) electrons. The minimum absolute atomic E-state index is 0.302. The lowest BCUT2D eigenvalue weighted by atomic mass is 10.00. The van der Waals surface area contributed by atoms with Crippen LogP contribution in [0.4, 0.5) is 0 Å². The average Bonchev–Trinajstić information content (AvgIpc) is 3.10. The van der Waals surface area contributed by atoms with Crippen molar-refractivity contribution >= 4 is 5.91 Å². The highest BCUT2D eigenvalue weighted by Crippen LogP contribution is 2.54. The minimum Gasteiger partial charge on any atom is -0.335 e. The van der Waals surface area contributed by atoms with Gasteiger partial charge in [-0.15, -0.1) is 0 Å². The van der Waals surface area contributed by atoms with Gasteiger partial charge in [0.05, 0.1) is 0 Å². The van der Waals surface area contributed by atoms with Crippen LogP contribution in [0.25, 0.3) is 0 Å².